The molecule has 3 heterocycles. The summed E-state index contributed by atoms with van der Waals surface area (Å²) in [6.07, 6.45) is 1.61. The highest BCUT2D eigenvalue weighted by molar-refractivity contribution is 6.42. The van der Waals surface area contributed by atoms with Crippen LogP contribution >= 0.6 is 23.2 Å². The van der Waals surface area contributed by atoms with Gasteiger partial charge in [-0.3, -0.25) is 19.9 Å². The minimum atomic E-state index is -0.407. The van der Waals surface area contributed by atoms with Gasteiger partial charge >= 0.3 is 6.03 Å². The number of nitrogens with one attached hydrogen (secondary N) is 1. The number of ether oxygens (including phenoxy) is 2. The lowest BCUT2D eigenvalue weighted by atomic mass is 10.1. The van der Waals surface area contributed by atoms with Crippen molar-refractivity contribution in [2.24, 2.45) is 0 Å². The SMILES string of the molecule is CCN1CCN(c2ccc(Nc3cc4c(cn3)CN(c3c(Cl)c(OC)cc(OC)c3Cl)C(=O)N4C)c([N+](=O)[O-])c2)CC1. The lowest BCUT2D eigenvalue weighted by Crippen LogP contribution is -2.46. The Morgan fingerprint density at radius 1 is 1.05 bits per heavy atom. The van der Waals surface area contributed by atoms with Gasteiger partial charge in [0.25, 0.3) is 5.69 Å². The lowest BCUT2D eigenvalue weighted by molar-refractivity contribution is -0.383. The molecule has 2 amide bonds. The number of halogens is 2. The van der Waals surface area contributed by atoms with Crippen LogP contribution in [0.1, 0.15) is 12.5 Å². The molecule has 222 valence electrons. The summed E-state index contributed by atoms with van der Waals surface area (Å²) in [7, 11) is 4.54. The average molecular weight is 617 g/mol. The monoisotopic (exact) mass is 615 g/mol. The van der Waals surface area contributed by atoms with Gasteiger partial charge in [0.05, 0.1) is 37.1 Å². The number of likely N-dealkylation sites (N-methyl/N-ethyl adjacent to an activating group) is 1. The largest absolute Gasteiger partial charge is 0.495 e. The van der Waals surface area contributed by atoms with Crippen molar-refractivity contribution in [3.05, 3.63) is 62.3 Å². The van der Waals surface area contributed by atoms with Crippen LogP contribution in [0.25, 0.3) is 0 Å². The number of nitro benzene ring substituents is 1. The summed E-state index contributed by atoms with van der Waals surface area (Å²) in [5, 5.41) is 15.4. The second kappa shape index (κ2) is 12.1. The summed E-state index contributed by atoms with van der Waals surface area (Å²) in [5.41, 5.74) is 2.61. The highest BCUT2D eigenvalue weighted by atomic mass is 35.5. The fourth-order valence-electron chi connectivity index (χ4n) is 5.22. The number of aromatic nitrogens is 1. The summed E-state index contributed by atoms with van der Waals surface area (Å²) < 4.78 is 10.7. The summed E-state index contributed by atoms with van der Waals surface area (Å²) in [4.78, 5) is 37.0. The molecule has 2 aromatic carbocycles. The first-order valence-corrected chi connectivity index (χ1v) is 14.1. The first-order valence-electron chi connectivity index (χ1n) is 13.3. The smallest absolute Gasteiger partial charge is 0.329 e. The van der Waals surface area contributed by atoms with Crippen LogP contribution in [-0.4, -0.2) is 74.8 Å². The third kappa shape index (κ3) is 5.44. The van der Waals surface area contributed by atoms with E-state index < -0.39 is 11.0 Å². The number of nitro groups is 1. The molecule has 2 aliphatic rings. The molecular formula is C28H31Cl2N7O5. The van der Waals surface area contributed by atoms with Crippen molar-refractivity contribution in [3.63, 3.8) is 0 Å². The highest BCUT2D eigenvalue weighted by Crippen LogP contribution is 2.48. The zero-order valence-electron chi connectivity index (χ0n) is 23.7. The molecule has 1 fully saturated rings. The number of pyridine rings is 1. The number of hydrogen-bond acceptors (Lipinski definition) is 9. The zero-order chi connectivity index (χ0) is 30.1. The normalized spacial score (nSPS) is 15.5. The Kier molecular flexibility index (Phi) is 8.48. The fourth-order valence-corrected chi connectivity index (χ4v) is 5.92. The van der Waals surface area contributed by atoms with Gasteiger partial charge in [0.2, 0.25) is 0 Å². The van der Waals surface area contributed by atoms with E-state index in [9.17, 15) is 14.9 Å². The van der Waals surface area contributed by atoms with Crippen LogP contribution in [-0.2, 0) is 6.54 Å². The van der Waals surface area contributed by atoms with Gasteiger partial charge in [0.15, 0.2) is 0 Å². The Bertz CT molecular complexity index is 1500. The van der Waals surface area contributed by atoms with E-state index in [0.717, 1.165) is 38.4 Å². The molecule has 0 unspecified atom stereocenters. The molecule has 0 aliphatic carbocycles. The van der Waals surface area contributed by atoms with Crippen molar-refractivity contribution in [1.29, 1.82) is 0 Å². The summed E-state index contributed by atoms with van der Waals surface area (Å²) >= 11 is 13.2. The number of anilines is 5. The Labute approximate surface area is 253 Å². The van der Waals surface area contributed by atoms with Crippen molar-refractivity contribution >= 4 is 63.5 Å². The third-order valence-corrected chi connectivity index (χ3v) is 8.35. The molecule has 0 radical (unpaired) electrons. The summed E-state index contributed by atoms with van der Waals surface area (Å²) in [6.45, 7) is 6.68. The van der Waals surface area contributed by atoms with E-state index in [-0.39, 0.29) is 28.0 Å². The van der Waals surface area contributed by atoms with Crippen molar-refractivity contribution in [3.8, 4) is 11.5 Å². The van der Waals surface area contributed by atoms with Crippen LogP contribution < -0.4 is 29.5 Å². The van der Waals surface area contributed by atoms with Crippen LogP contribution in [0.15, 0.2) is 36.5 Å². The molecule has 1 saturated heterocycles. The molecule has 0 bridgehead atoms. The van der Waals surface area contributed by atoms with E-state index in [1.165, 1.54) is 24.0 Å². The van der Waals surface area contributed by atoms with Crippen LogP contribution in [0.2, 0.25) is 10.0 Å². The van der Waals surface area contributed by atoms with E-state index in [2.05, 4.69) is 27.0 Å². The highest BCUT2D eigenvalue weighted by Gasteiger charge is 2.34. The average Bonchev–Trinajstić information content (AvgIpc) is 3.00. The fraction of sp³-hybridized carbons (Fsp3) is 0.357. The molecule has 0 spiro atoms. The van der Waals surface area contributed by atoms with Gasteiger partial charge in [0, 0.05) is 68.9 Å². The zero-order valence-corrected chi connectivity index (χ0v) is 25.2. The number of methoxy groups -OCH3 is 2. The number of carbonyl (C=O) groups is 1. The van der Waals surface area contributed by atoms with E-state index >= 15 is 0 Å². The number of urea groups is 1. The molecule has 42 heavy (non-hydrogen) atoms. The van der Waals surface area contributed by atoms with Gasteiger partial charge in [-0.1, -0.05) is 30.1 Å². The van der Waals surface area contributed by atoms with Crippen molar-refractivity contribution < 1.29 is 19.2 Å². The van der Waals surface area contributed by atoms with Gasteiger partial charge in [-0.05, 0) is 18.7 Å². The molecule has 1 aromatic heterocycles. The van der Waals surface area contributed by atoms with Crippen molar-refractivity contribution in [1.82, 2.24) is 9.88 Å². The van der Waals surface area contributed by atoms with Crippen LogP contribution in [0, 0.1) is 10.1 Å². The second-order valence-electron chi connectivity index (χ2n) is 9.89. The van der Waals surface area contributed by atoms with E-state index in [1.807, 2.05) is 6.07 Å². The van der Waals surface area contributed by atoms with Gasteiger partial charge in [-0.25, -0.2) is 9.78 Å². The lowest BCUT2D eigenvalue weighted by Gasteiger charge is -2.36. The Hall–Kier alpha value is -4.00. The Balaban J connectivity index is 1.42. The molecule has 2 aliphatic heterocycles. The van der Waals surface area contributed by atoms with Crippen LogP contribution in [0.5, 0.6) is 11.5 Å². The number of fused-ring (bicyclic) bond motifs is 1. The number of piperazine rings is 1. The van der Waals surface area contributed by atoms with Crippen molar-refractivity contribution in [2.75, 3.05) is 74.0 Å². The maximum Gasteiger partial charge on any atom is 0.329 e. The number of amides is 2. The number of nitrogens with zero attached hydrogens (tertiary/aromatic N) is 6. The third-order valence-electron chi connectivity index (χ3n) is 7.62. The quantitative estimate of drug-likeness (QED) is 0.249. The summed E-state index contributed by atoms with van der Waals surface area (Å²) in [6, 6.07) is 8.00. The second-order valence-corrected chi connectivity index (χ2v) is 10.6. The molecule has 14 heteroatoms. The molecule has 5 rings (SSSR count). The molecule has 0 saturated carbocycles. The van der Waals surface area contributed by atoms with E-state index in [1.54, 1.807) is 37.5 Å². The first-order chi connectivity index (χ1) is 20.2. The minimum Gasteiger partial charge on any atom is -0.495 e. The maximum atomic E-state index is 13.5. The van der Waals surface area contributed by atoms with E-state index in [4.69, 9.17) is 32.7 Å². The van der Waals surface area contributed by atoms with Crippen LogP contribution in [0.3, 0.4) is 0 Å². The predicted octanol–water partition coefficient (Wildman–Crippen LogP) is 5.78. The molecular weight excluding hydrogens is 585 g/mol. The molecule has 12 nitrogen and oxygen atoms in total. The number of rotatable bonds is 8. The molecule has 1 N–H and O–H groups in total. The molecule has 3 aromatic rings. The Morgan fingerprint density at radius 3 is 2.31 bits per heavy atom. The predicted molar refractivity (Wildman–Crippen MR) is 164 cm³/mol. The molecule has 0 atom stereocenters. The minimum absolute atomic E-state index is 0.0585. The number of carbonyl (C=O) groups excluding carboxylic acids is 1. The number of benzene rings is 2. The first kappa shape index (κ1) is 29.5. The maximum absolute atomic E-state index is 13.5. The van der Waals surface area contributed by atoms with Gasteiger partial charge < -0.3 is 24.6 Å². The van der Waals surface area contributed by atoms with Gasteiger partial charge in [-0.15, -0.1) is 0 Å². The topological polar surface area (TPSA) is 117 Å². The summed E-state index contributed by atoms with van der Waals surface area (Å²) in [5.74, 6) is 0.971. The van der Waals surface area contributed by atoms with Crippen LogP contribution in [0.4, 0.5) is 39.0 Å². The Morgan fingerprint density at radius 2 is 1.71 bits per heavy atom. The standard InChI is InChI=1S/C28H31Cl2N7O5/c1-5-34-8-10-35(11-9-34)18-6-7-19(21(12-18)37(39)40)32-24-13-20-17(15-31-24)16-36(28(38)33(20)2)27-25(29)22(41-3)14-23(42-4)26(27)30/h6-7,12-15H,5,8-11,16H2,1-4H3,(H,31,32). The van der Waals surface area contributed by atoms with Gasteiger partial charge in [0.1, 0.15) is 33.0 Å². The van der Waals surface area contributed by atoms with Crippen molar-refractivity contribution in [2.45, 2.75) is 13.5 Å². The van der Waals surface area contributed by atoms with E-state index in [0.29, 0.717) is 34.3 Å². The number of hydrogen-bond donors (Lipinski definition) is 1. The van der Waals surface area contributed by atoms with Gasteiger partial charge in [-0.2, -0.15) is 0 Å².